The number of H-pyrrole nitrogens is 1. The molecule has 3 rings (SSSR count). The number of carbonyl (C=O) groups is 2. The van der Waals surface area contributed by atoms with Gasteiger partial charge in [-0.25, -0.2) is 8.42 Å². The van der Waals surface area contributed by atoms with Crippen LogP contribution in [-0.2, 0) is 10.0 Å². The quantitative estimate of drug-likeness (QED) is 0.828. The number of hydrogen-bond acceptors (Lipinski definition) is 5. The molecule has 1 saturated heterocycles. The third-order valence-electron chi connectivity index (χ3n) is 3.94. The van der Waals surface area contributed by atoms with Gasteiger partial charge >= 0.3 is 0 Å². The van der Waals surface area contributed by atoms with Crippen molar-refractivity contribution in [2.24, 2.45) is 0 Å². The number of amides is 1. The summed E-state index contributed by atoms with van der Waals surface area (Å²) in [5, 5.41) is 1.73. The van der Waals surface area contributed by atoms with Gasteiger partial charge in [-0.15, -0.1) is 11.3 Å². The van der Waals surface area contributed by atoms with Gasteiger partial charge < -0.3 is 9.88 Å². The van der Waals surface area contributed by atoms with Crippen molar-refractivity contribution in [1.82, 2.24) is 14.2 Å². The zero-order valence-corrected chi connectivity index (χ0v) is 14.7. The Kier molecular flexibility index (Phi) is 4.57. The summed E-state index contributed by atoms with van der Waals surface area (Å²) >= 11 is 1.19. The van der Waals surface area contributed by atoms with E-state index in [4.69, 9.17) is 0 Å². The highest BCUT2D eigenvalue weighted by Crippen LogP contribution is 2.22. The molecule has 0 aliphatic carbocycles. The van der Waals surface area contributed by atoms with Crippen LogP contribution in [0, 0.1) is 0 Å². The van der Waals surface area contributed by atoms with Crippen LogP contribution < -0.4 is 0 Å². The highest BCUT2D eigenvalue weighted by molar-refractivity contribution is 7.91. The average Bonchev–Trinajstić information content (AvgIpc) is 3.26. The average molecular weight is 367 g/mol. The normalized spacial score (nSPS) is 16.3. The second kappa shape index (κ2) is 6.50. The first-order chi connectivity index (χ1) is 11.4. The molecule has 3 heterocycles. The number of Topliss-reactive ketones (excluding diaryl/α,β-unsaturated/α-hetero) is 1. The fourth-order valence-electron chi connectivity index (χ4n) is 2.56. The molecule has 0 aromatic carbocycles. The molecule has 0 bridgehead atoms. The number of carbonyl (C=O) groups excluding carboxylic acids is 2. The summed E-state index contributed by atoms with van der Waals surface area (Å²) in [5.74, 6) is -0.340. The first-order valence-electron chi connectivity index (χ1n) is 7.42. The molecule has 1 amide bonds. The molecule has 1 fully saturated rings. The van der Waals surface area contributed by atoms with Gasteiger partial charge in [-0.2, -0.15) is 4.31 Å². The molecule has 9 heteroatoms. The van der Waals surface area contributed by atoms with Crippen molar-refractivity contribution in [2.75, 3.05) is 26.2 Å². The fraction of sp³-hybridized carbons (Fsp3) is 0.333. The Morgan fingerprint density at radius 2 is 1.92 bits per heavy atom. The molecule has 0 radical (unpaired) electrons. The van der Waals surface area contributed by atoms with Gasteiger partial charge in [-0.3, -0.25) is 9.59 Å². The molecule has 0 atom stereocenters. The molecule has 2 aromatic heterocycles. The van der Waals surface area contributed by atoms with Crippen molar-refractivity contribution in [2.45, 2.75) is 11.1 Å². The van der Waals surface area contributed by atoms with Crippen molar-refractivity contribution >= 4 is 33.1 Å². The molecule has 128 valence electrons. The van der Waals surface area contributed by atoms with Crippen LogP contribution in [0.15, 0.2) is 34.0 Å². The third kappa shape index (κ3) is 3.14. The Balaban J connectivity index is 1.66. The third-order valence-corrected chi connectivity index (χ3v) is 7.21. The molecule has 0 spiro atoms. The largest absolute Gasteiger partial charge is 0.356 e. The number of aromatic nitrogens is 1. The Bertz CT molecular complexity index is 847. The van der Waals surface area contributed by atoms with E-state index < -0.39 is 10.0 Å². The fourth-order valence-corrected chi connectivity index (χ4v) is 5.13. The van der Waals surface area contributed by atoms with Crippen LogP contribution in [0.25, 0.3) is 0 Å². The number of nitrogens with one attached hydrogen (secondary N) is 1. The van der Waals surface area contributed by atoms with Crippen LogP contribution >= 0.6 is 11.3 Å². The van der Waals surface area contributed by atoms with Crippen LogP contribution in [0.3, 0.4) is 0 Å². The van der Waals surface area contributed by atoms with Gasteiger partial charge in [0.05, 0.1) is 0 Å². The maximum atomic E-state index is 12.5. The highest BCUT2D eigenvalue weighted by Gasteiger charge is 2.31. The van der Waals surface area contributed by atoms with E-state index in [0.717, 1.165) is 0 Å². The predicted octanol–water partition coefficient (Wildman–Crippen LogP) is 1.43. The van der Waals surface area contributed by atoms with Gasteiger partial charge in [0, 0.05) is 37.9 Å². The summed E-state index contributed by atoms with van der Waals surface area (Å²) in [6, 6.07) is 4.81. The minimum absolute atomic E-state index is 0.114. The lowest BCUT2D eigenvalue weighted by molar-refractivity contribution is 0.0693. The van der Waals surface area contributed by atoms with Gasteiger partial charge in [0.1, 0.15) is 9.90 Å². The number of ketones is 1. The molecule has 7 nitrogen and oxygen atoms in total. The Morgan fingerprint density at radius 3 is 2.46 bits per heavy atom. The lowest BCUT2D eigenvalue weighted by atomic mass is 10.2. The van der Waals surface area contributed by atoms with E-state index in [1.54, 1.807) is 22.4 Å². The first kappa shape index (κ1) is 16.9. The van der Waals surface area contributed by atoms with Gasteiger partial charge in [0.2, 0.25) is 0 Å². The minimum Gasteiger partial charge on any atom is -0.356 e. The van der Waals surface area contributed by atoms with Gasteiger partial charge in [0.25, 0.3) is 15.9 Å². The van der Waals surface area contributed by atoms with Gasteiger partial charge in [-0.05, 0) is 24.4 Å². The smallest absolute Gasteiger partial charge is 0.270 e. The van der Waals surface area contributed by atoms with Crippen molar-refractivity contribution in [1.29, 1.82) is 0 Å². The molecule has 1 N–H and O–H groups in total. The maximum Gasteiger partial charge on any atom is 0.270 e. The second-order valence-electron chi connectivity index (χ2n) is 5.49. The number of rotatable bonds is 4. The maximum absolute atomic E-state index is 12.5. The standard InChI is InChI=1S/C15H17N3O4S2/c1-11(19)12-9-13(16-10-12)15(20)17-4-6-18(7-5-17)24(21,22)14-3-2-8-23-14/h2-3,8-10,16H,4-7H2,1H3. The van der Waals surface area contributed by atoms with Crippen LogP contribution in [0.1, 0.15) is 27.8 Å². The van der Waals surface area contributed by atoms with Crippen LogP contribution in [0.4, 0.5) is 0 Å². The number of aromatic amines is 1. The zero-order chi connectivity index (χ0) is 17.3. The number of hydrogen-bond donors (Lipinski definition) is 1. The lowest BCUT2D eigenvalue weighted by Gasteiger charge is -2.33. The van der Waals surface area contributed by atoms with Crippen molar-refractivity contribution < 1.29 is 18.0 Å². The summed E-state index contributed by atoms with van der Waals surface area (Å²) < 4.78 is 26.6. The topological polar surface area (TPSA) is 90.6 Å². The van der Waals surface area contributed by atoms with Crippen LogP contribution in [0.2, 0.25) is 0 Å². The summed E-state index contributed by atoms with van der Waals surface area (Å²) in [6.45, 7) is 2.58. The van der Waals surface area contributed by atoms with Crippen molar-refractivity contribution in [3.8, 4) is 0 Å². The Labute approximate surface area is 143 Å². The van der Waals surface area contributed by atoms with E-state index in [1.165, 1.54) is 34.8 Å². The van der Waals surface area contributed by atoms with Crippen LogP contribution in [-0.4, -0.2) is 60.5 Å². The Hall–Kier alpha value is -1.97. The van der Waals surface area contributed by atoms with E-state index >= 15 is 0 Å². The molecule has 24 heavy (non-hydrogen) atoms. The summed E-state index contributed by atoms with van der Waals surface area (Å²) in [6.07, 6.45) is 1.51. The number of nitrogens with zero attached hydrogens (tertiary/aromatic N) is 2. The molecule has 1 aliphatic heterocycles. The monoisotopic (exact) mass is 367 g/mol. The highest BCUT2D eigenvalue weighted by atomic mass is 32.2. The minimum atomic E-state index is -3.48. The molecular weight excluding hydrogens is 350 g/mol. The molecule has 0 saturated carbocycles. The van der Waals surface area contributed by atoms with E-state index in [2.05, 4.69) is 4.98 Å². The molecule has 1 aliphatic rings. The van der Waals surface area contributed by atoms with E-state index in [0.29, 0.717) is 28.6 Å². The van der Waals surface area contributed by atoms with Gasteiger partial charge in [-0.1, -0.05) is 6.07 Å². The van der Waals surface area contributed by atoms with E-state index in [-0.39, 0.29) is 24.8 Å². The zero-order valence-electron chi connectivity index (χ0n) is 13.1. The predicted molar refractivity (Wildman–Crippen MR) is 89.8 cm³/mol. The second-order valence-corrected chi connectivity index (χ2v) is 8.60. The van der Waals surface area contributed by atoms with E-state index in [1.807, 2.05) is 0 Å². The number of thiophene rings is 1. The van der Waals surface area contributed by atoms with Crippen molar-refractivity contribution in [3.63, 3.8) is 0 Å². The van der Waals surface area contributed by atoms with E-state index in [9.17, 15) is 18.0 Å². The molecule has 0 unspecified atom stereocenters. The summed E-state index contributed by atoms with van der Waals surface area (Å²) in [4.78, 5) is 28.1. The molecule has 2 aromatic rings. The SMILES string of the molecule is CC(=O)c1c[nH]c(C(=O)N2CCN(S(=O)(=O)c3cccs3)CC2)c1. The summed E-state index contributed by atoms with van der Waals surface area (Å²) in [7, 11) is -3.48. The molecular formula is C15H17N3O4S2. The van der Waals surface area contributed by atoms with Gasteiger partial charge in [0.15, 0.2) is 5.78 Å². The first-order valence-corrected chi connectivity index (χ1v) is 9.74. The van der Waals surface area contributed by atoms with Crippen LogP contribution in [0.5, 0.6) is 0 Å². The summed E-state index contributed by atoms with van der Waals surface area (Å²) in [5.41, 5.74) is 0.798. The lowest BCUT2D eigenvalue weighted by Crippen LogP contribution is -2.50. The van der Waals surface area contributed by atoms with Crippen molar-refractivity contribution in [3.05, 3.63) is 41.0 Å². The Morgan fingerprint density at radius 1 is 1.21 bits per heavy atom. The number of sulfonamides is 1. The number of piperazine rings is 1.